The molecule has 0 spiro atoms. The largest absolute Gasteiger partial charge is 0.481 e. The standard InChI is InChI=1S/C15H15FN2O2S/c1-8-5-6-9(7-11(8)16)17-15-18-13-10(14(19)20)3-2-4-12(13)21-15/h5-7,10H,2-4H2,1H3,(H,17,18)(H,19,20). The fraction of sp³-hybridized carbons (Fsp3) is 0.333. The molecule has 0 fully saturated rings. The van der Waals surface area contributed by atoms with Gasteiger partial charge in [0.1, 0.15) is 11.7 Å². The lowest BCUT2D eigenvalue weighted by Crippen LogP contribution is -2.17. The number of halogens is 1. The second kappa shape index (κ2) is 5.44. The summed E-state index contributed by atoms with van der Waals surface area (Å²) >= 11 is 1.45. The molecule has 0 bridgehead atoms. The third-order valence-electron chi connectivity index (χ3n) is 3.68. The Kier molecular flexibility index (Phi) is 3.63. The van der Waals surface area contributed by atoms with Gasteiger partial charge in [0.15, 0.2) is 5.13 Å². The molecule has 0 saturated carbocycles. The number of fused-ring (bicyclic) bond motifs is 1. The highest BCUT2D eigenvalue weighted by atomic mass is 32.1. The van der Waals surface area contributed by atoms with E-state index in [0.29, 0.717) is 28.5 Å². The second-order valence-corrected chi connectivity index (χ2v) is 6.28. The number of aliphatic carboxylic acids is 1. The average molecular weight is 306 g/mol. The first-order valence-corrected chi connectivity index (χ1v) is 7.62. The van der Waals surface area contributed by atoms with Crippen molar-refractivity contribution < 1.29 is 14.3 Å². The van der Waals surface area contributed by atoms with E-state index in [4.69, 9.17) is 0 Å². The number of hydrogen-bond acceptors (Lipinski definition) is 4. The number of carboxylic acids is 1. The smallest absolute Gasteiger partial charge is 0.312 e. The predicted octanol–water partition coefficient (Wildman–Crippen LogP) is 3.84. The number of benzene rings is 1. The number of thiazole rings is 1. The Morgan fingerprint density at radius 2 is 2.33 bits per heavy atom. The lowest BCUT2D eigenvalue weighted by atomic mass is 9.91. The van der Waals surface area contributed by atoms with Crippen LogP contribution in [0.5, 0.6) is 0 Å². The van der Waals surface area contributed by atoms with Crippen molar-refractivity contribution in [2.24, 2.45) is 0 Å². The molecule has 21 heavy (non-hydrogen) atoms. The summed E-state index contributed by atoms with van der Waals surface area (Å²) < 4.78 is 13.5. The van der Waals surface area contributed by atoms with Crippen molar-refractivity contribution in [3.8, 4) is 0 Å². The second-order valence-electron chi connectivity index (χ2n) is 5.20. The van der Waals surface area contributed by atoms with E-state index in [9.17, 15) is 14.3 Å². The van der Waals surface area contributed by atoms with Crippen LogP contribution in [0.1, 0.15) is 34.9 Å². The first-order chi connectivity index (χ1) is 10.0. The zero-order valence-corrected chi connectivity index (χ0v) is 12.3. The van der Waals surface area contributed by atoms with Crippen LogP contribution in [0.2, 0.25) is 0 Å². The van der Waals surface area contributed by atoms with Crippen molar-refractivity contribution in [1.82, 2.24) is 4.98 Å². The number of rotatable bonds is 3. The van der Waals surface area contributed by atoms with Gasteiger partial charge in [-0.15, -0.1) is 11.3 Å². The van der Waals surface area contributed by atoms with Crippen molar-refractivity contribution >= 4 is 28.1 Å². The van der Waals surface area contributed by atoms with Gasteiger partial charge in [-0.1, -0.05) is 6.07 Å². The van der Waals surface area contributed by atoms with Crippen LogP contribution >= 0.6 is 11.3 Å². The van der Waals surface area contributed by atoms with Gasteiger partial charge < -0.3 is 10.4 Å². The van der Waals surface area contributed by atoms with Crippen LogP contribution in [0.15, 0.2) is 18.2 Å². The highest BCUT2D eigenvalue weighted by molar-refractivity contribution is 7.15. The Labute approximate surface area is 125 Å². The van der Waals surface area contributed by atoms with Crippen molar-refractivity contribution in [2.75, 3.05) is 5.32 Å². The molecule has 1 aliphatic carbocycles. The number of aryl methyl sites for hydroxylation is 2. The number of anilines is 2. The maximum absolute atomic E-state index is 13.5. The summed E-state index contributed by atoms with van der Waals surface area (Å²) in [5, 5.41) is 12.9. The molecule has 0 amide bonds. The fourth-order valence-corrected chi connectivity index (χ4v) is 3.59. The lowest BCUT2D eigenvalue weighted by molar-refractivity contribution is -0.139. The molecule has 0 aliphatic heterocycles. The molecule has 1 unspecified atom stereocenters. The molecular weight excluding hydrogens is 291 g/mol. The monoisotopic (exact) mass is 306 g/mol. The van der Waals surface area contributed by atoms with Crippen LogP contribution in [-0.4, -0.2) is 16.1 Å². The Morgan fingerprint density at radius 3 is 3.05 bits per heavy atom. The molecule has 1 heterocycles. The Hall–Kier alpha value is -1.95. The van der Waals surface area contributed by atoms with E-state index in [0.717, 1.165) is 17.7 Å². The van der Waals surface area contributed by atoms with Crippen molar-refractivity contribution in [3.63, 3.8) is 0 Å². The number of carboxylic acid groups (broad SMARTS) is 1. The van der Waals surface area contributed by atoms with Gasteiger partial charge in [0.25, 0.3) is 0 Å². The zero-order valence-electron chi connectivity index (χ0n) is 11.5. The minimum Gasteiger partial charge on any atom is -0.481 e. The molecule has 1 aliphatic rings. The minimum absolute atomic E-state index is 0.273. The van der Waals surface area contributed by atoms with Crippen molar-refractivity contribution in [2.45, 2.75) is 32.1 Å². The summed E-state index contributed by atoms with van der Waals surface area (Å²) in [4.78, 5) is 16.7. The van der Waals surface area contributed by atoms with Crippen LogP contribution in [0.25, 0.3) is 0 Å². The van der Waals surface area contributed by atoms with E-state index in [1.54, 1.807) is 19.1 Å². The Morgan fingerprint density at radius 1 is 1.52 bits per heavy atom. The van der Waals surface area contributed by atoms with Gasteiger partial charge in [0.2, 0.25) is 0 Å². The topological polar surface area (TPSA) is 62.2 Å². The van der Waals surface area contributed by atoms with E-state index < -0.39 is 11.9 Å². The van der Waals surface area contributed by atoms with E-state index >= 15 is 0 Å². The van der Waals surface area contributed by atoms with Gasteiger partial charge in [0, 0.05) is 10.6 Å². The lowest BCUT2D eigenvalue weighted by Gasteiger charge is -2.16. The van der Waals surface area contributed by atoms with Gasteiger partial charge in [-0.05, 0) is 43.9 Å². The third kappa shape index (κ3) is 2.76. The van der Waals surface area contributed by atoms with Gasteiger partial charge in [-0.25, -0.2) is 9.37 Å². The molecule has 0 radical (unpaired) electrons. The first-order valence-electron chi connectivity index (χ1n) is 6.80. The molecule has 110 valence electrons. The quantitative estimate of drug-likeness (QED) is 0.904. The van der Waals surface area contributed by atoms with E-state index in [-0.39, 0.29) is 5.82 Å². The molecule has 1 aromatic heterocycles. The number of aromatic nitrogens is 1. The van der Waals surface area contributed by atoms with E-state index in [2.05, 4.69) is 10.3 Å². The molecule has 6 heteroatoms. The molecule has 4 nitrogen and oxygen atoms in total. The van der Waals surface area contributed by atoms with E-state index in [1.807, 2.05) is 0 Å². The van der Waals surface area contributed by atoms with Gasteiger partial charge >= 0.3 is 5.97 Å². The normalized spacial score (nSPS) is 17.3. The van der Waals surface area contributed by atoms with Gasteiger partial charge in [-0.2, -0.15) is 0 Å². The molecular formula is C15H15FN2O2S. The van der Waals surface area contributed by atoms with Crippen molar-refractivity contribution in [1.29, 1.82) is 0 Å². The van der Waals surface area contributed by atoms with Gasteiger partial charge in [0.05, 0.1) is 5.69 Å². The summed E-state index contributed by atoms with van der Waals surface area (Å²) in [7, 11) is 0. The molecule has 0 saturated heterocycles. The van der Waals surface area contributed by atoms with Crippen LogP contribution in [0.3, 0.4) is 0 Å². The Bertz CT molecular complexity index is 699. The van der Waals surface area contributed by atoms with Gasteiger partial charge in [-0.3, -0.25) is 4.79 Å². The molecule has 3 rings (SSSR count). The molecule has 1 aromatic carbocycles. The zero-order chi connectivity index (χ0) is 15.0. The first kappa shape index (κ1) is 14.0. The number of nitrogens with zero attached hydrogens (tertiary/aromatic N) is 1. The predicted molar refractivity (Wildman–Crippen MR) is 79.8 cm³/mol. The number of nitrogens with one attached hydrogen (secondary N) is 1. The van der Waals surface area contributed by atoms with Crippen LogP contribution in [-0.2, 0) is 11.2 Å². The maximum atomic E-state index is 13.5. The average Bonchev–Trinajstić information content (AvgIpc) is 2.84. The molecule has 2 N–H and O–H groups in total. The van der Waals surface area contributed by atoms with Crippen molar-refractivity contribution in [3.05, 3.63) is 40.2 Å². The van der Waals surface area contributed by atoms with Crippen LogP contribution in [0.4, 0.5) is 15.2 Å². The Balaban J connectivity index is 1.87. The fourth-order valence-electron chi connectivity index (χ4n) is 2.51. The number of hydrogen-bond donors (Lipinski definition) is 2. The molecule has 2 aromatic rings. The van der Waals surface area contributed by atoms with E-state index in [1.165, 1.54) is 17.4 Å². The summed E-state index contributed by atoms with van der Waals surface area (Å²) in [5.74, 6) is -1.62. The maximum Gasteiger partial charge on any atom is 0.312 e. The summed E-state index contributed by atoms with van der Waals surface area (Å²) in [6, 6.07) is 4.91. The van der Waals surface area contributed by atoms with Crippen LogP contribution < -0.4 is 5.32 Å². The van der Waals surface area contributed by atoms with Crippen LogP contribution in [0, 0.1) is 12.7 Å². The summed E-state index contributed by atoms with van der Waals surface area (Å²) in [6.07, 6.45) is 2.36. The SMILES string of the molecule is Cc1ccc(Nc2nc3c(s2)CCCC3C(=O)O)cc1F. The highest BCUT2D eigenvalue weighted by Crippen LogP contribution is 2.37. The third-order valence-corrected chi connectivity index (χ3v) is 4.72. The summed E-state index contributed by atoms with van der Waals surface area (Å²) in [5.41, 5.74) is 1.87. The highest BCUT2D eigenvalue weighted by Gasteiger charge is 2.29. The summed E-state index contributed by atoms with van der Waals surface area (Å²) in [6.45, 7) is 1.71. The minimum atomic E-state index is -0.825. The number of carbonyl (C=O) groups is 1. The molecule has 1 atom stereocenters.